The number of aliphatic hydroxyl groups is 1. The fourth-order valence-corrected chi connectivity index (χ4v) is 2.35. The monoisotopic (exact) mass is 582 g/mol. The molecule has 0 radical (unpaired) electrons. The summed E-state index contributed by atoms with van der Waals surface area (Å²) in [6, 6.07) is 0. The molecule has 2 heterocycles. The normalized spacial score (nSPS) is 8.57. The molecule has 1 N–H and O–H groups in total. The zero-order valence-corrected chi connectivity index (χ0v) is 21.6. The van der Waals surface area contributed by atoms with Gasteiger partial charge in [-0.3, -0.25) is 4.79 Å². The van der Waals surface area contributed by atoms with Gasteiger partial charge in [-0.2, -0.15) is 12.6 Å². The predicted molar refractivity (Wildman–Crippen MR) is 147 cm³/mol. The molecule has 2 aromatic heterocycles. The molecule has 0 unspecified atom stereocenters. The van der Waals surface area contributed by atoms with Gasteiger partial charge in [-0.25, -0.2) is 14.4 Å². The van der Waals surface area contributed by atoms with Crippen LogP contribution in [0.5, 0.6) is 0 Å². The van der Waals surface area contributed by atoms with Crippen molar-refractivity contribution in [3.63, 3.8) is 0 Å². The maximum Gasteiger partial charge on any atom is 0.519 e. The van der Waals surface area contributed by atoms with Crippen LogP contribution in [0.25, 0.3) is 0 Å². The number of halogens is 1. The second-order valence-electron chi connectivity index (χ2n) is 4.98. The fourth-order valence-electron chi connectivity index (χ4n) is 1.42. The van der Waals surface area contributed by atoms with Gasteiger partial charge < -0.3 is 27.5 Å². The van der Waals surface area contributed by atoms with Crippen LogP contribution in [0.4, 0.5) is 9.59 Å². The third-order valence-electron chi connectivity index (χ3n) is 2.66. The highest BCUT2D eigenvalue weighted by Gasteiger charge is 2.11. The molecule has 0 spiro atoms. The molecule has 0 amide bonds. The van der Waals surface area contributed by atoms with Crippen LogP contribution in [0, 0.1) is 13.8 Å². The summed E-state index contributed by atoms with van der Waals surface area (Å²) >= 11 is 10.9. The molecule has 0 fully saturated rings. The zero-order chi connectivity index (χ0) is 25.1. The van der Waals surface area contributed by atoms with Crippen LogP contribution in [0.15, 0.2) is 27.3 Å². The number of aliphatic hydroxyl groups excluding tert-OH is 1. The Morgan fingerprint density at radius 1 is 0.886 bits per heavy atom. The van der Waals surface area contributed by atoms with E-state index in [0.29, 0.717) is 17.3 Å². The van der Waals surface area contributed by atoms with E-state index in [9.17, 15) is 19.2 Å². The van der Waals surface area contributed by atoms with Crippen LogP contribution in [0.2, 0.25) is 0 Å². The number of thioether (sulfide) groups is 2. The number of thiol groups is 1. The Bertz CT molecular complexity index is 887. The molecule has 0 atom stereocenters. The molecule has 0 aromatic carbocycles. The first-order valence-electron chi connectivity index (χ1n) is 9.08. The van der Waals surface area contributed by atoms with Gasteiger partial charge in [-0.15, -0.1) is 0 Å². The van der Waals surface area contributed by atoms with Gasteiger partial charge >= 0.3 is 16.9 Å². The van der Waals surface area contributed by atoms with E-state index < -0.39 is 16.9 Å². The summed E-state index contributed by atoms with van der Waals surface area (Å²) < 4.78 is 22.5. The molecule has 10 nitrogen and oxygen atoms in total. The first-order chi connectivity index (χ1) is 15.1. The molecule has 2 aromatic rings. The molecule has 208 valence electrons. The fraction of sp³-hybridized carbons (Fsp3) is 0.619. The van der Waals surface area contributed by atoms with Crippen molar-refractivity contribution >= 4 is 57.6 Å². The molecule has 2 rings (SSSR count). The first-order valence-corrected chi connectivity index (χ1v) is 12.1. The van der Waals surface area contributed by atoms with E-state index in [1.54, 1.807) is 13.8 Å². The Balaban J connectivity index is -0.000000125. The van der Waals surface area contributed by atoms with Gasteiger partial charge in [0.25, 0.3) is 4.57 Å². The quantitative estimate of drug-likeness (QED) is 0.214. The van der Waals surface area contributed by atoms with Gasteiger partial charge in [-0.1, -0.05) is 54.8 Å². The van der Waals surface area contributed by atoms with E-state index in [4.69, 9.17) is 21.4 Å². The molecule has 0 saturated carbocycles. The van der Waals surface area contributed by atoms with Crippen molar-refractivity contribution in [1.29, 1.82) is 0 Å². The first kappa shape index (κ1) is 43.5. The standard InChI is InChI=1S/C8H10O5S.C5H6O4.C3H5ClOS.C2H6S.3CH4/c1-3-14-8(10)11-4-6-5(2)12-7(9)13-6;1-3-4(2-6)9-5(7)8-3;1-2-6-3(4)5;1-2-3;;;/h3-4H2,1-2H3;6H,2H2,1H3;2H2,1H3;3H,2H2,1H3;3*1H4. The van der Waals surface area contributed by atoms with Gasteiger partial charge in [0.05, 0.1) is 0 Å². The minimum atomic E-state index is -0.781. The zero-order valence-electron chi connectivity index (χ0n) is 18.3. The maximum atomic E-state index is 10.9. The lowest BCUT2D eigenvalue weighted by molar-refractivity contribution is 0.158. The van der Waals surface area contributed by atoms with E-state index in [0.717, 1.165) is 35.0 Å². The van der Waals surface area contributed by atoms with Crippen molar-refractivity contribution in [3.8, 4) is 0 Å². The molecular weight excluding hydrogens is 544 g/mol. The Labute approximate surface area is 225 Å². The van der Waals surface area contributed by atoms with Gasteiger partial charge in [-0.05, 0) is 48.7 Å². The Morgan fingerprint density at radius 2 is 1.29 bits per heavy atom. The number of carbonyl (C=O) groups is 2. The second-order valence-corrected chi connectivity index (χ2v) is 8.62. The summed E-state index contributed by atoms with van der Waals surface area (Å²) in [6.45, 7) is 8.47. The molecular formula is C21H39ClO10S3. The molecule has 35 heavy (non-hydrogen) atoms. The van der Waals surface area contributed by atoms with E-state index in [2.05, 4.69) is 30.3 Å². The lowest BCUT2D eigenvalue weighted by Gasteiger charge is -1.99. The highest BCUT2D eigenvalue weighted by molar-refractivity contribution is 8.16. The molecule has 0 aliphatic carbocycles. The van der Waals surface area contributed by atoms with Crippen LogP contribution in [0.1, 0.15) is 66.1 Å². The summed E-state index contributed by atoms with van der Waals surface area (Å²) in [5.41, 5.74) is 0. The summed E-state index contributed by atoms with van der Waals surface area (Å²) in [7, 11) is 0. The van der Waals surface area contributed by atoms with Crippen molar-refractivity contribution in [2.24, 2.45) is 0 Å². The van der Waals surface area contributed by atoms with Crippen molar-refractivity contribution in [1.82, 2.24) is 0 Å². The van der Waals surface area contributed by atoms with Gasteiger partial charge in [0.1, 0.15) is 12.4 Å². The largest absolute Gasteiger partial charge is 0.519 e. The number of hydrogen-bond acceptors (Lipinski definition) is 13. The van der Waals surface area contributed by atoms with Crippen molar-refractivity contribution in [3.05, 3.63) is 44.3 Å². The summed E-state index contributed by atoms with van der Waals surface area (Å²) in [4.78, 5) is 41.5. The molecule has 0 bridgehead atoms. The van der Waals surface area contributed by atoms with Crippen LogP contribution >= 0.6 is 47.8 Å². The minimum Gasteiger partial charge on any atom is -0.449 e. The van der Waals surface area contributed by atoms with E-state index in [1.165, 1.54) is 0 Å². The third-order valence-corrected chi connectivity index (χ3v) is 4.14. The second kappa shape index (κ2) is 27.1. The summed E-state index contributed by atoms with van der Waals surface area (Å²) in [6.07, 6.45) is 0. The van der Waals surface area contributed by atoms with Gasteiger partial charge in [0.15, 0.2) is 23.9 Å². The average Bonchev–Trinajstić information content (AvgIpc) is 3.21. The number of aryl methyl sites for hydroxylation is 2. The van der Waals surface area contributed by atoms with Crippen LogP contribution < -0.4 is 11.6 Å². The minimum absolute atomic E-state index is 0. The van der Waals surface area contributed by atoms with E-state index in [-0.39, 0.29) is 51.6 Å². The topological polar surface area (TPSA) is 150 Å². The predicted octanol–water partition coefficient (Wildman–Crippen LogP) is 6.91. The Hall–Kier alpha value is -1.54. The molecule has 14 heteroatoms. The molecule has 0 aliphatic rings. The smallest absolute Gasteiger partial charge is 0.449 e. The maximum absolute atomic E-state index is 10.9. The highest BCUT2D eigenvalue weighted by Crippen LogP contribution is 2.10. The van der Waals surface area contributed by atoms with Crippen molar-refractivity contribution in [2.45, 2.75) is 70.1 Å². The van der Waals surface area contributed by atoms with Gasteiger partial charge in [0.2, 0.25) is 0 Å². The lowest BCUT2D eigenvalue weighted by atomic mass is 10.4. The van der Waals surface area contributed by atoms with Crippen LogP contribution in [-0.2, 0) is 18.0 Å². The average molecular weight is 583 g/mol. The van der Waals surface area contributed by atoms with Crippen molar-refractivity contribution in [2.75, 3.05) is 17.3 Å². The Kier molecular flexibility index (Phi) is 33.6. The van der Waals surface area contributed by atoms with E-state index >= 15 is 0 Å². The van der Waals surface area contributed by atoms with Crippen LogP contribution in [-0.4, -0.2) is 32.2 Å². The number of ether oxygens (including phenoxy) is 1. The van der Waals surface area contributed by atoms with Crippen molar-refractivity contribution < 1.29 is 37.1 Å². The number of carbonyl (C=O) groups excluding carboxylic acids is 2. The van der Waals surface area contributed by atoms with Crippen LogP contribution in [0.3, 0.4) is 0 Å². The summed E-state index contributed by atoms with van der Waals surface area (Å²) in [5, 5.41) is 8.05. The molecule has 0 aliphatic heterocycles. The van der Waals surface area contributed by atoms with E-state index in [1.807, 2.05) is 20.8 Å². The number of hydrogen-bond donors (Lipinski definition) is 2. The Morgan fingerprint density at radius 3 is 1.51 bits per heavy atom. The third kappa shape index (κ3) is 24.0. The molecule has 0 saturated heterocycles. The lowest BCUT2D eigenvalue weighted by Crippen LogP contribution is -1.98. The SMILES string of the molecule is C.C.C.CCS.CCSC(=O)Cl.CCSC(=O)OCc1oc(=O)oc1C.Cc1oc(=O)oc1CO. The van der Waals surface area contributed by atoms with Gasteiger partial charge in [0, 0.05) is 5.75 Å². The highest BCUT2D eigenvalue weighted by atomic mass is 35.5. The number of rotatable bonds is 5. The summed E-state index contributed by atoms with van der Waals surface area (Å²) in [5.74, 6) is 1.93.